The SMILES string of the molecule is CCC(CCN)C(=O)OC(N)=O. The zero-order chi connectivity index (χ0) is 9.56. The Balaban J connectivity index is 3.93. The van der Waals surface area contributed by atoms with Crippen LogP contribution in [0.25, 0.3) is 0 Å². The number of rotatable bonds is 4. The van der Waals surface area contributed by atoms with Crippen LogP contribution in [0.4, 0.5) is 4.79 Å². The molecule has 0 aliphatic heterocycles. The molecule has 0 saturated carbocycles. The van der Waals surface area contributed by atoms with Crippen LogP contribution in [0, 0.1) is 5.92 Å². The van der Waals surface area contributed by atoms with Crippen LogP contribution in [-0.4, -0.2) is 18.6 Å². The molecule has 0 heterocycles. The van der Waals surface area contributed by atoms with E-state index < -0.39 is 12.1 Å². The number of esters is 1. The van der Waals surface area contributed by atoms with Crippen molar-refractivity contribution < 1.29 is 14.3 Å². The van der Waals surface area contributed by atoms with Gasteiger partial charge in [0.15, 0.2) is 0 Å². The average Bonchev–Trinajstić information content (AvgIpc) is 1.98. The number of carbonyl (C=O) groups excluding carboxylic acids is 2. The molecule has 0 saturated heterocycles. The Labute approximate surface area is 71.0 Å². The highest BCUT2D eigenvalue weighted by Gasteiger charge is 2.18. The van der Waals surface area contributed by atoms with Crippen LogP contribution in [0.5, 0.6) is 0 Å². The molecule has 1 amide bonds. The van der Waals surface area contributed by atoms with Crippen molar-refractivity contribution in [2.24, 2.45) is 17.4 Å². The molecule has 0 bridgehead atoms. The third-order valence-corrected chi connectivity index (χ3v) is 1.54. The lowest BCUT2D eigenvalue weighted by molar-refractivity contribution is -0.141. The van der Waals surface area contributed by atoms with Gasteiger partial charge in [0.2, 0.25) is 0 Å². The molecule has 0 aliphatic rings. The minimum atomic E-state index is -1.06. The van der Waals surface area contributed by atoms with Crippen LogP contribution in [0.2, 0.25) is 0 Å². The molecule has 5 heteroatoms. The lowest BCUT2D eigenvalue weighted by atomic mass is 10.0. The van der Waals surface area contributed by atoms with Crippen molar-refractivity contribution in [3.8, 4) is 0 Å². The van der Waals surface area contributed by atoms with E-state index in [0.717, 1.165) is 0 Å². The van der Waals surface area contributed by atoms with E-state index in [9.17, 15) is 9.59 Å². The molecule has 4 N–H and O–H groups in total. The Bertz CT molecular complexity index is 170. The van der Waals surface area contributed by atoms with Gasteiger partial charge in [-0.25, -0.2) is 4.79 Å². The largest absolute Gasteiger partial charge is 0.412 e. The zero-order valence-electron chi connectivity index (χ0n) is 7.08. The molecular weight excluding hydrogens is 160 g/mol. The Morgan fingerprint density at radius 3 is 2.42 bits per heavy atom. The van der Waals surface area contributed by atoms with Crippen LogP contribution in [-0.2, 0) is 9.53 Å². The molecule has 0 aromatic rings. The van der Waals surface area contributed by atoms with Gasteiger partial charge in [-0.05, 0) is 19.4 Å². The summed E-state index contributed by atoms with van der Waals surface area (Å²) < 4.78 is 4.20. The minimum Gasteiger partial charge on any atom is -0.376 e. The van der Waals surface area contributed by atoms with Crippen molar-refractivity contribution >= 4 is 12.1 Å². The summed E-state index contributed by atoms with van der Waals surface area (Å²) in [5, 5.41) is 0. The molecule has 1 atom stereocenters. The van der Waals surface area contributed by atoms with Crippen LogP contribution in [0.15, 0.2) is 0 Å². The summed E-state index contributed by atoms with van der Waals surface area (Å²) in [7, 11) is 0. The number of hydrogen-bond acceptors (Lipinski definition) is 4. The molecule has 1 unspecified atom stereocenters. The smallest absolute Gasteiger partial charge is 0.376 e. The van der Waals surface area contributed by atoms with E-state index in [0.29, 0.717) is 19.4 Å². The fourth-order valence-electron chi connectivity index (χ4n) is 0.872. The third-order valence-electron chi connectivity index (χ3n) is 1.54. The normalized spacial score (nSPS) is 12.2. The van der Waals surface area contributed by atoms with E-state index in [2.05, 4.69) is 10.5 Å². The molecule has 0 aromatic heterocycles. The number of nitrogens with two attached hydrogens (primary N) is 2. The second-order valence-corrected chi connectivity index (χ2v) is 2.42. The Morgan fingerprint density at radius 1 is 1.50 bits per heavy atom. The molecule has 12 heavy (non-hydrogen) atoms. The van der Waals surface area contributed by atoms with Crippen LogP contribution >= 0.6 is 0 Å². The summed E-state index contributed by atoms with van der Waals surface area (Å²) in [5.41, 5.74) is 9.92. The third kappa shape index (κ3) is 3.92. The first-order valence-electron chi connectivity index (χ1n) is 3.83. The van der Waals surface area contributed by atoms with E-state index in [1.807, 2.05) is 6.92 Å². The number of amides is 1. The molecule has 70 valence electrons. The quantitative estimate of drug-likeness (QED) is 0.462. The lowest BCUT2D eigenvalue weighted by Crippen LogP contribution is -2.25. The summed E-state index contributed by atoms with van der Waals surface area (Å²) in [6.45, 7) is 2.22. The molecule has 0 aromatic carbocycles. The predicted octanol–water partition coefficient (Wildman–Crippen LogP) is -0.0167. The molecule has 0 rings (SSSR count). The topological polar surface area (TPSA) is 95.4 Å². The second kappa shape index (κ2) is 5.54. The highest BCUT2D eigenvalue weighted by Crippen LogP contribution is 2.08. The van der Waals surface area contributed by atoms with Gasteiger partial charge in [-0.3, -0.25) is 4.79 Å². The maximum absolute atomic E-state index is 11.0. The highest BCUT2D eigenvalue weighted by molar-refractivity contribution is 5.84. The minimum absolute atomic E-state index is 0.317. The maximum atomic E-state index is 11.0. The fraction of sp³-hybridized carbons (Fsp3) is 0.714. The molecule has 0 aliphatic carbocycles. The first kappa shape index (κ1) is 10.9. The van der Waals surface area contributed by atoms with Gasteiger partial charge < -0.3 is 16.2 Å². The van der Waals surface area contributed by atoms with Gasteiger partial charge in [0.05, 0.1) is 5.92 Å². The number of hydrogen-bond donors (Lipinski definition) is 2. The van der Waals surface area contributed by atoms with Gasteiger partial charge in [0.1, 0.15) is 0 Å². The Kier molecular flexibility index (Phi) is 5.03. The first-order chi connectivity index (χ1) is 5.61. The van der Waals surface area contributed by atoms with Crippen LogP contribution in [0.1, 0.15) is 19.8 Å². The van der Waals surface area contributed by atoms with E-state index in [1.54, 1.807) is 0 Å². The summed E-state index contributed by atoms with van der Waals surface area (Å²) in [4.78, 5) is 21.2. The molecule has 0 spiro atoms. The predicted molar refractivity (Wildman–Crippen MR) is 43.1 cm³/mol. The van der Waals surface area contributed by atoms with Crippen molar-refractivity contribution in [2.75, 3.05) is 6.54 Å². The fourth-order valence-corrected chi connectivity index (χ4v) is 0.872. The van der Waals surface area contributed by atoms with Crippen molar-refractivity contribution in [3.05, 3.63) is 0 Å². The zero-order valence-corrected chi connectivity index (χ0v) is 7.08. The molecule has 5 nitrogen and oxygen atoms in total. The second-order valence-electron chi connectivity index (χ2n) is 2.42. The summed E-state index contributed by atoms with van der Waals surface area (Å²) in [5.74, 6) is -0.905. The number of primary amides is 1. The van der Waals surface area contributed by atoms with Crippen molar-refractivity contribution in [2.45, 2.75) is 19.8 Å². The van der Waals surface area contributed by atoms with Gasteiger partial charge >= 0.3 is 12.1 Å². The molecule has 0 radical (unpaired) electrons. The number of ether oxygens (including phenoxy) is 1. The average molecular weight is 174 g/mol. The highest BCUT2D eigenvalue weighted by atomic mass is 16.6. The van der Waals surface area contributed by atoms with E-state index in [4.69, 9.17) is 5.73 Å². The van der Waals surface area contributed by atoms with Gasteiger partial charge in [-0.1, -0.05) is 6.92 Å². The van der Waals surface area contributed by atoms with E-state index >= 15 is 0 Å². The molecule has 0 fully saturated rings. The van der Waals surface area contributed by atoms with Crippen molar-refractivity contribution in [1.29, 1.82) is 0 Å². The molecular formula is C7H14N2O3. The van der Waals surface area contributed by atoms with Crippen LogP contribution < -0.4 is 11.5 Å². The van der Waals surface area contributed by atoms with Gasteiger partial charge in [0.25, 0.3) is 0 Å². The van der Waals surface area contributed by atoms with Gasteiger partial charge in [-0.2, -0.15) is 0 Å². The number of carbonyl (C=O) groups is 2. The van der Waals surface area contributed by atoms with Crippen LogP contribution in [0.3, 0.4) is 0 Å². The van der Waals surface area contributed by atoms with Gasteiger partial charge in [-0.15, -0.1) is 0 Å². The monoisotopic (exact) mass is 174 g/mol. The van der Waals surface area contributed by atoms with Gasteiger partial charge in [0, 0.05) is 0 Å². The standard InChI is InChI=1S/C7H14N2O3/c1-2-5(3-4-8)6(10)12-7(9)11/h5H,2-4,8H2,1H3,(H2,9,11). The van der Waals surface area contributed by atoms with E-state index in [1.165, 1.54) is 0 Å². The summed E-state index contributed by atoms with van der Waals surface area (Å²) in [6.07, 6.45) is 0.0572. The van der Waals surface area contributed by atoms with Crippen molar-refractivity contribution in [3.63, 3.8) is 0 Å². The summed E-state index contributed by atoms with van der Waals surface area (Å²) >= 11 is 0. The maximum Gasteiger partial charge on any atom is 0.412 e. The first-order valence-corrected chi connectivity index (χ1v) is 3.83. The Hall–Kier alpha value is -1.10. The summed E-state index contributed by atoms with van der Waals surface area (Å²) in [6, 6.07) is 0. The van der Waals surface area contributed by atoms with Crippen molar-refractivity contribution in [1.82, 2.24) is 0 Å². The lowest BCUT2D eigenvalue weighted by Gasteiger charge is -2.09. The van der Waals surface area contributed by atoms with E-state index in [-0.39, 0.29) is 5.92 Å². The Morgan fingerprint density at radius 2 is 2.08 bits per heavy atom.